The minimum absolute atomic E-state index is 0.943. The van der Waals surface area contributed by atoms with Gasteiger partial charge in [0, 0.05) is 0 Å². The highest BCUT2D eigenvalue weighted by molar-refractivity contribution is 4.61. The molecule has 0 heterocycles. The van der Waals surface area contributed by atoms with E-state index in [1.165, 1.54) is 193 Å². The molecule has 0 saturated heterocycles. The molecule has 0 aliphatic rings. The number of hydrogen-bond donors (Lipinski definition) is 0. The molecule has 0 nitrogen and oxygen atoms in total. The van der Waals surface area contributed by atoms with Gasteiger partial charge in [-0.3, -0.25) is 0 Å². The Kier molecular flexibility index (Phi) is 31.5. The van der Waals surface area contributed by atoms with Gasteiger partial charge in [0.2, 0.25) is 0 Å². The molecule has 0 amide bonds. The summed E-state index contributed by atoms with van der Waals surface area (Å²) in [6.45, 7) is 12.2. The lowest BCUT2D eigenvalue weighted by molar-refractivity contribution is 0.373. The van der Waals surface area contributed by atoms with Gasteiger partial charge in [0.05, 0.1) is 0 Å². The lowest BCUT2D eigenvalue weighted by Crippen LogP contribution is -2.01. The highest BCUT2D eigenvalue weighted by Gasteiger charge is 2.08. The number of hydrogen-bond acceptors (Lipinski definition) is 0. The molecule has 0 aliphatic carbocycles. The zero-order chi connectivity index (χ0) is 27.9. The van der Waals surface area contributed by atoms with Crippen molar-refractivity contribution in [1.29, 1.82) is 0 Å². The third-order valence-electron chi connectivity index (χ3n) is 9.39. The van der Waals surface area contributed by atoms with Crippen molar-refractivity contribution < 1.29 is 0 Å². The molecule has 0 spiro atoms. The molecule has 0 bridgehead atoms. The van der Waals surface area contributed by atoms with Crippen molar-refractivity contribution in [3.05, 3.63) is 0 Å². The Bertz CT molecular complexity index is 412. The summed E-state index contributed by atoms with van der Waals surface area (Å²) >= 11 is 0. The van der Waals surface area contributed by atoms with E-state index >= 15 is 0 Å². The maximum Gasteiger partial charge on any atom is -0.0443 e. The summed E-state index contributed by atoms with van der Waals surface area (Å²) in [5.74, 6) is 2.84. The standard InChI is InChI=1S/C38H78/c1-6-8-10-12-14-16-17-18-19-20-21-23-25-27-31-37(4)33-29-35-38(5)34-28-32-36(3)30-26-24-22-15-13-11-9-7-2/h36-38H,6-35H2,1-5H3. The van der Waals surface area contributed by atoms with Crippen molar-refractivity contribution in [2.24, 2.45) is 17.8 Å². The molecule has 0 aliphatic heterocycles. The van der Waals surface area contributed by atoms with E-state index < -0.39 is 0 Å². The van der Waals surface area contributed by atoms with Gasteiger partial charge in [-0.05, 0) is 17.8 Å². The van der Waals surface area contributed by atoms with E-state index in [4.69, 9.17) is 0 Å². The Labute approximate surface area is 244 Å². The molecule has 0 heteroatoms. The van der Waals surface area contributed by atoms with E-state index in [9.17, 15) is 0 Å². The molecule has 3 unspecified atom stereocenters. The molecular formula is C38H78. The van der Waals surface area contributed by atoms with E-state index in [2.05, 4.69) is 34.6 Å². The average Bonchev–Trinajstić information content (AvgIpc) is 2.90. The number of rotatable bonds is 32. The smallest absolute Gasteiger partial charge is 0.0443 e. The summed E-state index contributed by atoms with van der Waals surface area (Å²) in [4.78, 5) is 0. The fourth-order valence-corrected chi connectivity index (χ4v) is 6.38. The van der Waals surface area contributed by atoms with Crippen LogP contribution in [0.5, 0.6) is 0 Å². The SMILES string of the molecule is CCCCCCCCCCCCCCCCC(C)CCCC(C)CCCC(C)CCCCCCCCCC. The summed E-state index contributed by atoms with van der Waals surface area (Å²) < 4.78 is 0. The van der Waals surface area contributed by atoms with Crippen LogP contribution in [-0.4, -0.2) is 0 Å². The predicted octanol–water partition coefficient (Wildman–Crippen LogP) is 14.6. The van der Waals surface area contributed by atoms with E-state index in [1.807, 2.05) is 0 Å². The average molecular weight is 535 g/mol. The van der Waals surface area contributed by atoms with Crippen molar-refractivity contribution in [3.8, 4) is 0 Å². The van der Waals surface area contributed by atoms with Crippen LogP contribution in [0.25, 0.3) is 0 Å². The van der Waals surface area contributed by atoms with Gasteiger partial charge >= 0.3 is 0 Å². The van der Waals surface area contributed by atoms with Crippen molar-refractivity contribution in [1.82, 2.24) is 0 Å². The van der Waals surface area contributed by atoms with E-state index in [-0.39, 0.29) is 0 Å². The van der Waals surface area contributed by atoms with Crippen LogP contribution in [0.1, 0.15) is 227 Å². The summed E-state index contributed by atoms with van der Waals surface area (Å²) in [6.07, 6.45) is 44.0. The number of unbranched alkanes of at least 4 members (excludes halogenated alkanes) is 20. The summed E-state index contributed by atoms with van der Waals surface area (Å²) in [6, 6.07) is 0. The lowest BCUT2D eigenvalue weighted by atomic mass is 9.90. The van der Waals surface area contributed by atoms with Crippen LogP contribution in [0.2, 0.25) is 0 Å². The second-order valence-corrected chi connectivity index (χ2v) is 13.8. The minimum Gasteiger partial charge on any atom is -0.0654 e. The van der Waals surface area contributed by atoms with Crippen LogP contribution in [-0.2, 0) is 0 Å². The molecule has 0 N–H and O–H groups in total. The van der Waals surface area contributed by atoms with Crippen LogP contribution in [0.3, 0.4) is 0 Å². The zero-order valence-electron chi connectivity index (χ0n) is 27.9. The first-order chi connectivity index (χ1) is 18.6. The molecule has 230 valence electrons. The highest BCUT2D eigenvalue weighted by Crippen LogP contribution is 2.23. The first kappa shape index (κ1) is 38.0. The van der Waals surface area contributed by atoms with Crippen LogP contribution < -0.4 is 0 Å². The maximum absolute atomic E-state index is 2.52. The van der Waals surface area contributed by atoms with Gasteiger partial charge < -0.3 is 0 Å². The molecule has 0 aromatic rings. The quantitative estimate of drug-likeness (QED) is 0.0752. The van der Waals surface area contributed by atoms with Crippen molar-refractivity contribution in [2.75, 3.05) is 0 Å². The molecule has 0 aromatic heterocycles. The Hall–Kier alpha value is 0. The minimum atomic E-state index is 0.943. The summed E-state index contributed by atoms with van der Waals surface area (Å²) in [5, 5.41) is 0. The fourth-order valence-electron chi connectivity index (χ4n) is 6.38. The fraction of sp³-hybridized carbons (Fsp3) is 1.00. The van der Waals surface area contributed by atoms with Gasteiger partial charge in [0.15, 0.2) is 0 Å². The molecule has 0 fully saturated rings. The van der Waals surface area contributed by atoms with Crippen molar-refractivity contribution >= 4 is 0 Å². The van der Waals surface area contributed by atoms with Crippen LogP contribution in [0.4, 0.5) is 0 Å². The summed E-state index contributed by atoms with van der Waals surface area (Å²) in [7, 11) is 0. The van der Waals surface area contributed by atoms with E-state index in [1.54, 1.807) is 0 Å². The van der Waals surface area contributed by atoms with Crippen LogP contribution in [0.15, 0.2) is 0 Å². The molecule has 0 rings (SSSR count). The first-order valence-electron chi connectivity index (χ1n) is 18.6. The van der Waals surface area contributed by atoms with E-state index in [0.717, 1.165) is 17.8 Å². The van der Waals surface area contributed by atoms with Gasteiger partial charge in [-0.15, -0.1) is 0 Å². The monoisotopic (exact) mass is 535 g/mol. The summed E-state index contributed by atoms with van der Waals surface area (Å²) in [5.41, 5.74) is 0. The largest absolute Gasteiger partial charge is 0.0654 e. The Morgan fingerprint density at radius 1 is 0.237 bits per heavy atom. The van der Waals surface area contributed by atoms with Crippen molar-refractivity contribution in [3.63, 3.8) is 0 Å². The highest BCUT2D eigenvalue weighted by atomic mass is 14.1. The molecule has 0 radical (unpaired) electrons. The maximum atomic E-state index is 2.52. The molecular weight excluding hydrogens is 456 g/mol. The lowest BCUT2D eigenvalue weighted by Gasteiger charge is -2.16. The normalized spacial score (nSPS) is 14.1. The third-order valence-corrected chi connectivity index (χ3v) is 9.39. The van der Waals surface area contributed by atoms with Crippen LogP contribution >= 0.6 is 0 Å². The van der Waals surface area contributed by atoms with Gasteiger partial charge in [0.1, 0.15) is 0 Å². The Morgan fingerprint density at radius 2 is 0.421 bits per heavy atom. The van der Waals surface area contributed by atoms with Gasteiger partial charge in [0.25, 0.3) is 0 Å². The molecule has 0 aromatic carbocycles. The Balaban J connectivity index is 3.36. The third kappa shape index (κ3) is 30.5. The van der Waals surface area contributed by atoms with E-state index in [0.29, 0.717) is 0 Å². The zero-order valence-corrected chi connectivity index (χ0v) is 27.9. The van der Waals surface area contributed by atoms with Crippen molar-refractivity contribution in [2.45, 2.75) is 227 Å². The van der Waals surface area contributed by atoms with Gasteiger partial charge in [-0.2, -0.15) is 0 Å². The van der Waals surface area contributed by atoms with Gasteiger partial charge in [-0.1, -0.05) is 227 Å². The first-order valence-corrected chi connectivity index (χ1v) is 18.6. The topological polar surface area (TPSA) is 0 Å². The second kappa shape index (κ2) is 31.5. The molecule has 0 saturated carbocycles. The van der Waals surface area contributed by atoms with Crippen LogP contribution in [0, 0.1) is 17.8 Å². The Morgan fingerprint density at radius 3 is 0.658 bits per heavy atom. The second-order valence-electron chi connectivity index (χ2n) is 13.8. The predicted molar refractivity (Wildman–Crippen MR) is 177 cm³/mol. The molecule has 3 atom stereocenters. The van der Waals surface area contributed by atoms with Gasteiger partial charge in [-0.25, -0.2) is 0 Å². The molecule has 38 heavy (non-hydrogen) atoms.